The number of piperazine rings is 1. The Morgan fingerprint density at radius 1 is 1.04 bits per heavy atom. The second-order valence-corrected chi connectivity index (χ2v) is 6.67. The summed E-state index contributed by atoms with van der Waals surface area (Å²) in [7, 11) is 0. The molecule has 6 nitrogen and oxygen atoms in total. The van der Waals surface area contributed by atoms with E-state index in [0.29, 0.717) is 17.8 Å². The van der Waals surface area contributed by atoms with Crippen molar-refractivity contribution in [3.8, 4) is 0 Å². The molecule has 3 N–H and O–H groups in total. The zero-order valence-corrected chi connectivity index (χ0v) is 15.1. The van der Waals surface area contributed by atoms with Crippen LogP contribution in [0.4, 0.5) is 11.4 Å². The van der Waals surface area contributed by atoms with Crippen LogP contribution in [0, 0.1) is 0 Å². The van der Waals surface area contributed by atoms with Gasteiger partial charge in [0.05, 0.1) is 6.54 Å². The molecule has 1 aliphatic heterocycles. The van der Waals surface area contributed by atoms with E-state index < -0.39 is 5.91 Å². The number of primary amides is 1. The first kappa shape index (κ1) is 18.2. The molecule has 0 aliphatic carbocycles. The first-order valence-electron chi connectivity index (χ1n) is 8.44. The lowest BCUT2D eigenvalue weighted by Crippen LogP contribution is -2.48. The van der Waals surface area contributed by atoms with Gasteiger partial charge in [0.1, 0.15) is 0 Å². The van der Waals surface area contributed by atoms with Crippen LogP contribution in [0.2, 0.25) is 5.02 Å². The minimum absolute atomic E-state index is 0.0759. The number of nitrogens with one attached hydrogen (secondary N) is 1. The van der Waals surface area contributed by atoms with Crippen LogP contribution in [0.1, 0.15) is 10.4 Å². The quantitative estimate of drug-likeness (QED) is 0.843. The molecule has 26 heavy (non-hydrogen) atoms. The number of anilines is 2. The number of carbonyl (C=O) groups excluding carboxylic acids is 2. The molecule has 0 atom stereocenters. The van der Waals surface area contributed by atoms with E-state index in [0.717, 1.165) is 36.9 Å². The Labute approximate surface area is 157 Å². The lowest BCUT2D eigenvalue weighted by Gasteiger charge is -2.35. The molecule has 1 aliphatic rings. The molecular formula is C19H21ClN4O2. The van der Waals surface area contributed by atoms with Crippen LogP contribution in [-0.2, 0) is 4.79 Å². The van der Waals surface area contributed by atoms with Gasteiger partial charge in [-0.1, -0.05) is 17.7 Å². The van der Waals surface area contributed by atoms with Gasteiger partial charge in [-0.05, 0) is 42.5 Å². The number of carbonyl (C=O) groups is 2. The summed E-state index contributed by atoms with van der Waals surface area (Å²) in [5.41, 5.74) is 7.38. The van der Waals surface area contributed by atoms with Crippen LogP contribution < -0.4 is 16.0 Å². The first-order valence-corrected chi connectivity index (χ1v) is 8.81. The topological polar surface area (TPSA) is 78.7 Å². The van der Waals surface area contributed by atoms with Crippen molar-refractivity contribution in [2.24, 2.45) is 5.73 Å². The summed E-state index contributed by atoms with van der Waals surface area (Å²) in [5.74, 6) is -0.562. The molecular weight excluding hydrogens is 352 g/mol. The van der Waals surface area contributed by atoms with Crippen molar-refractivity contribution in [2.75, 3.05) is 42.9 Å². The Balaban J connectivity index is 1.48. The molecule has 7 heteroatoms. The van der Waals surface area contributed by atoms with Crippen molar-refractivity contribution in [1.29, 1.82) is 0 Å². The van der Waals surface area contributed by atoms with E-state index in [9.17, 15) is 9.59 Å². The highest BCUT2D eigenvalue weighted by Crippen LogP contribution is 2.20. The number of amides is 2. The molecule has 0 spiro atoms. The Hall–Kier alpha value is -2.57. The molecule has 0 bridgehead atoms. The summed E-state index contributed by atoms with van der Waals surface area (Å²) >= 11 is 6.05. The molecule has 0 unspecified atom stereocenters. The second-order valence-electron chi connectivity index (χ2n) is 6.23. The summed E-state index contributed by atoms with van der Waals surface area (Å²) in [6.07, 6.45) is 0. The molecule has 2 aromatic carbocycles. The SMILES string of the molecule is NC(=O)c1ccc(NC(=O)CN2CCN(c3cccc(Cl)c3)CC2)cc1. The van der Waals surface area contributed by atoms with Crippen LogP contribution >= 0.6 is 11.6 Å². The average Bonchev–Trinajstić information content (AvgIpc) is 2.62. The summed E-state index contributed by atoms with van der Waals surface area (Å²) in [5, 5.41) is 3.57. The van der Waals surface area contributed by atoms with Gasteiger partial charge in [-0.25, -0.2) is 0 Å². The zero-order chi connectivity index (χ0) is 18.5. The summed E-state index contributed by atoms with van der Waals surface area (Å²) < 4.78 is 0. The van der Waals surface area contributed by atoms with E-state index in [1.165, 1.54) is 0 Å². The second kappa shape index (κ2) is 8.21. The van der Waals surface area contributed by atoms with Gasteiger partial charge < -0.3 is 16.0 Å². The number of nitrogens with two attached hydrogens (primary N) is 1. The molecule has 0 radical (unpaired) electrons. The maximum atomic E-state index is 12.2. The molecule has 3 rings (SSSR count). The fourth-order valence-electron chi connectivity index (χ4n) is 2.96. The maximum Gasteiger partial charge on any atom is 0.248 e. The monoisotopic (exact) mass is 372 g/mol. The van der Waals surface area contributed by atoms with Crippen LogP contribution in [0.15, 0.2) is 48.5 Å². The molecule has 0 aromatic heterocycles. The van der Waals surface area contributed by atoms with Crippen molar-refractivity contribution in [2.45, 2.75) is 0 Å². The minimum Gasteiger partial charge on any atom is -0.369 e. The van der Waals surface area contributed by atoms with Crippen LogP contribution in [0.3, 0.4) is 0 Å². The van der Waals surface area contributed by atoms with E-state index in [4.69, 9.17) is 17.3 Å². The van der Waals surface area contributed by atoms with Crippen molar-refractivity contribution in [1.82, 2.24) is 4.90 Å². The third-order valence-electron chi connectivity index (χ3n) is 4.37. The number of rotatable bonds is 5. The Kier molecular flexibility index (Phi) is 5.75. The van der Waals surface area contributed by atoms with Crippen molar-refractivity contribution in [3.63, 3.8) is 0 Å². The van der Waals surface area contributed by atoms with Gasteiger partial charge in [0, 0.05) is 48.1 Å². The zero-order valence-electron chi connectivity index (χ0n) is 14.3. The fraction of sp³-hybridized carbons (Fsp3) is 0.263. The normalized spacial score (nSPS) is 14.9. The van der Waals surface area contributed by atoms with Crippen LogP contribution in [0.5, 0.6) is 0 Å². The molecule has 136 valence electrons. The fourth-order valence-corrected chi connectivity index (χ4v) is 3.14. The molecule has 2 amide bonds. The van der Waals surface area contributed by atoms with Crippen LogP contribution in [0.25, 0.3) is 0 Å². The molecule has 0 saturated carbocycles. The van der Waals surface area contributed by atoms with Gasteiger partial charge in [0.15, 0.2) is 0 Å². The number of benzene rings is 2. The van der Waals surface area contributed by atoms with E-state index in [2.05, 4.69) is 15.1 Å². The third-order valence-corrected chi connectivity index (χ3v) is 4.60. The van der Waals surface area contributed by atoms with Crippen LogP contribution in [-0.4, -0.2) is 49.4 Å². The van der Waals surface area contributed by atoms with Gasteiger partial charge in [0.25, 0.3) is 0 Å². The maximum absolute atomic E-state index is 12.2. The average molecular weight is 373 g/mol. The van der Waals surface area contributed by atoms with Gasteiger partial charge in [-0.3, -0.25) is 14.5 Å². The Bertz CT molecular complexity index is 786. The van der Waals surface area contributed by atoms with Gasteiger partial charge >= 0.3 is 0 Å². The highest BCUT2D eigenvalue weighted by Gasteiger charge is 2.19. The summed E-state index contributed by atoms with van der Waals surface area (Å²) in [6, 6.07) is 14.4. The molecule has 1 fully saturated rings. The minimum atomic E-state index is -0.486. The predicted octanol–water partition coefficient (Wildman–Crippen LogP) is 2.20. The van der Waals surface area contributed by atoms with E-state index >= 15 is 0 Å². The van der Waals surface area contributed by atoms with Crippen molar-refractivity contribution < 1.29 is 9.59 Å². The number of hydrogen-bond acceptors (Lipinski definition) is 4. The highest BCUT2D eigenvalue weighted by atomic mass is 35.5. The standard InChI is InChI=1S/C19H21ClN4O2/c20-15-2-1-3-17(12-15)24-10-8-23(9-11-24)13-18(25)22-16-6-4-14(5-7-16)19(21)26/h1-7,12H,8-11,13H2,(H2,21,26)(H,22,25). The molecule has 1 saturated heterocycles. The van der Waals surface area contributed by atoms with Gasteiger partial charge in [-0.2, -0.15) is 0 Å². The van der Waals surface area contributed by atoms with E-state index in [-0.39, 0.29) is 5.91 Å². The van der Waals surface area contributed by atoms with E-state index in [1.807, 2.05) is 24.3 Å². The lowest BCUT2D eigenvalue weighted by molar-refractivity contribution is -0.117. The molecule has 2 aromatic rings. The van der Waals surface area contributed by atoms with Gasteiger partial charge in [0.2, 0.25) is 11.8 Å². The van der Waals surface area contributed by atoms with Crippen molar-refractivity contribution in [3.05, 3.63) is 59.1 Å². The molecule has 1 heterocycles. The van der Waals surface area contributed by atoms with Gasteiger partial charge in [-0.15, -0.1) is 0 Å². The lowest BCUT2D eigenvalue weighted by atomic mass is 10.2. The largest absolute Gasteiger partial charge is 0.369 e. The summed E-state index contributed by atoms with van der Waals surface area (Å²) in [4.78, 5) is 27.7. The first-order chi connectivity index (χ1) is 12.5. The summed E-state index contributed by atoms with van der Waals surface area (Å²) in [6.45, 7) is 3.64. The smallest absolute Gasteiger partial charge is 0.248 e. The highest BCUT2D eigenvalue weighted by molar-refractivity contribution is 6.30. The number of hydrogen-bond donors (Lipinski definition) is 2. The van der Waals surface area contributed by atoms with Crippen molar-refractivity contribution >= 4 is 34.8 Å². The Morgan fingerprint density at radius 3 is 2.35 bits per heavy atom. The number of halogens is 1. The Morgan fingerprint density at radius 2 is 1.73 bits per heavy atom. The third kappa shape index (κ3) is 4.74. The van der Waals surface area contributed by atoms with E-state index in [1.54, 1.807) is 24.3 Å². The number of nitrogens with zero attached hydrogens (tertiary/aromatic N) is 2. The predicted molar refractivity (Wildman–Crippen MR) is 104 cm³/mol.